The van der Waals surface area contributed by atoms with E-state index in [0.29, 0.717) is 0 Å². The van der Waals surface area contributed by atoms with Crippen LogP contribution in [0.3, 0.4) is 0 Å². The van der Waals surface area contributed by atoms with Crippen LogP contribution < -0.4 is 10.0 Å². The Morgan fingerprint density at radius 3 is 2.55 bits per heavy atom. The van der Waals surface area contributed by atoms with Gasteiger partial charge in [0.05, 0.1) is 10.4 Å². The number of aromatic nitrogens is 1. The maximum atomic E-state index is 12.1. The van der Waals surface area contributed by atoms with Gasteiger partial charge in [-0.15, -0.1) is 11.3 Å². The molecule has 5 nitrogen and oxygen atoms in total. The van der Waals surface area contributed by atoms with Crippen LogP contribution in [0.1, 0.15) is 23.4 Å². The highest BCUT2D eigenvalue weighted by Crippen LogP contribution is 2.16. The Kier molecular flexibility index (Phi) is 4.87. The molecular weight excluding hydrogens is 294 g/mol. The van der Waals surface area contributed by atoms with E-state index in [1.165, 1.54) is 11.3 Å². The number of hydrogen-bond donors (Lipinski definition) is 2. The molecule has 20 heavy (non-hydrogen) atoms. The van der Waals surface area contributed by atoms with Crippen molar-refractivity contribution in [2.75, 3.05) is 7.05 Å². The minimum atomic E-state index is -3.48. The minimum absolute atomic E-state index is 0.192. The topological polar surface area (TPSA) is 71.1 Å². The van der Waals surface area contributed by atoms with E-state index in [1.54, 1.807) is 23.8 Å². The lowest BCUT2D eigenvalue weighted by Crippen LogP contribution is -2.23. The second kappa shape index (κ2) is 6.45. The molecule has 2 N–H and O–H groups in total. The van der Waals surface area contributed by atoms with E-state index in [1.807, 2.05) is 26.1 Å². The van der Waals surface area contributed by atoms with Gasteiger partial charge in [0, 0.05) is 23.7 Å². The summed E-state index contributed by atoms with van der Waals surface area (Å²) in [5.74, 6) is 0. The highest BCUT2D eigenvalue weighted by molar-refractivity contribution is 7.89. The van der Waals surface area contributed by atoms with Crippen molar-refractivity contribution in [3.8, 4) is 0 Å². The lowest BCUT2D eigenvalue weighted by molar-refractivity contribution is 0.581. The number of benzene rings is 1. The van der Waals surface area contributed by atoms with Crippen LogP contribution in [0.15, 0.2) is 40.9 Å². The first-order chi connectivity index (χ1) is 9.53. The molecule has 0 aliphatic heterocycles. The van der Waals surface area contributed by atoms with Crippen molar-refractivity contribution in [2.24, 2.45) is 0 Å². The highest BCUT2D eigenvalue weighted by atomic mass is 32.2. The molecule has 0 radical (unpaired) electrons. The van der Waals surface area contributed by atoms with Crippen molar-refractivity contribution < 1.29 is 8.42 Å². The second-order valence-corrected chi connectivity index (χ2v) is 7.11. The first-order valence-corrected chi connectivity index (χ1v) is 8.53. The molecule has 0 bridgehead atoms. The number of rotatable bonds is 6. The molecule has 1 unspecified atom stereocenters. The second-order valence-electron chi connectivity index (χ2n) is 4.37. The lowest BCUT2D eigenvalue weighted by atomic mass is 10.1. The van der Waals surface area contributed by atoms with E-state index in [4.69, 9.17) is 0 Å². The van der Waals surface area contributed by atoms with Crippen LogP contribution in [-0.2, 0) is 16.6 Å². The molecule has 1 atom stereocenters. The molecule has 0 aliphatic carbocycles. The summed E-state index contributed by atoms with van der Waals surface area (Å²) in [7, 11) is -1.61. The summed E-state index contributed by atoms with van der Waals surface area (Å²) in [6.45, 7) is 2.28. The summed E-state index contributed by atoms with van der Waals surface area (Å²) in [5, 5.41) is 3.11. The van der Waals surface area contributed by atoms with Gasteiger partial charge in [0.15, 0.2) is 0 Å². The van der Waals surface area contributed by atoms with Crippen LogP contribution in [-0.4, -0.2) is 20.4 Å². The molecule has 0 spiro atoms. The van der Waals surface area contributed by atoms with Crippen molar-refractivity contribution in [3.05, 3.63) is 46.4 Å². The van der Waals surface area contributed by atoms with E-state index in [2.05, 4.69) is 15.0 Å². The Labute approximate surface area is 123 Å². The molecule has 0 amide bonds. The summed E-state index contributed by atoms with van der Waals surface area (Å²) in [4.78, 5) is 5.07. The lowest BCUT2D eigenvalue weighted by Gasteiger charge is -2.11. The van der Waals surface area contributed by atoms with Gasteiger partial charge in [-0.3, -0.25) is 4.98 Å². The van der Waals surface area contributed by atoms with Crippen molar-refractivity contribution >= 4 is 21.4 Å². The van der Waals surface area contributed by atoms with Crippen LogP contribution in [0.5, 0.6) is 0 Å². The van der Waals surface area contributed by atoms with Crippen molar-refractivity contribution in [3.63, 3.8) is 0 Å². The summed E-state index contributed by atoms with van der Waals surface area (Å²) < 4.78 is 26.8. The van der Waals surface area contributed by atoms with Gasteiger partial charge in [-0.2, -0.15) is 0 Å². The van der Waals surface area contributed by atoms with Crippen LogP contribution in [0.4, 0.5) is 0 Å². The Hall–Kier alpha value is -1.28. The molecule has 0 saturated carbocycles. The third-order valence-electron chi connectivity index (χ3n) is 3.04. The molecule has 108 valence electrons. The molecule has 7 heteroatoms. The molecule has 2 aromatic rings. The quantitative estimate of drug-likeness (QED) is 0.855. The van der Waals surface area contributed by atoms with Gasteiger partial charge < -0.3 is 5.32 Å². The van der Waals surface area contributed by atoms with Gasteiger partial charge in [-0.25, -0.2) is 13.1 Å². The smallest absolute Gasteiger partial charge is 0.240 e. The van der Waals surface area contributed by atoms with Gasteiger partial charge in [0.2, 0.25) is 10.0 Å². The van der Waals surface area contributed by atoms with Gasteiger partial charge in [0.25, 0.3) is 0 Å². The predicted molar refractivity (Wildman–Crippen MR) is 80.1 cm³/mol. The Balaban J connectivity index is 2.09. The normalized spacial score (nSPS) is 13.3. The summed E-state index contributed by atoms with van der Waals surface area (Å²) >= 11 is 1.42. The first-order valence-electron chi connectivity index (χ1n) is 6.17. The summed E-state index contributed by atoms with van der Waals surface area (Å²) in [6, 6.07) is 7.08. The molecule has 0 saturated heterocycles. The monoisotopic (exact) mass is 311 g/mol. The SMILES string of the molecule is CNC(C)c1ccc(S(=O)(=O)NCc2cncs2)cc1. The molecule has 0 fully saturated rings. The van der Waals surface area contributed by atoms with Gasteiger partial charge in [0.1, 0.15) is 0 Å². The Bertz CT molecular complexity index is 637. The highest BCUT2D eigenvalue weighted by Gasteiger charge is 2.14. The first kappa shape index (κ1) is 15.1. The number of nitrogens with zero attached hydrogens (tertiary/aromatic N) is 1. The Morgan fingerprint density at radius 2 is 2.00 bits per heavy atom. The van der Waals surface area contributed by atoms with Gasteiger partial charge >= 0.3 is 0 Å². The molecular formula is C13H17N3O2S2. The number of thiazole rings is 1. The van der Waals surface area contributed by atoms with Crippen LogP contribution in [0.2, 0.25) is 0 Å². The summed E-state index contributed by atoms with van der Waals surface area (Å²) in [5.41, 5.74) is 2.73. The fraction of sp³-hybridized carbons (Fsp3) is 0.308. The van der Waals surface area contributed by atoms with E-state index < -0.39 is 10.0 Å². The third-order valence-corrected chi connectivity index (χ3v) is 5.24. The average molecular weight is 311 g/mol. The molecule has 0 aliphatic rings. The largest absolute Gasteiger partial charge is 0.313 e. The standard InChI is InChI=1S/C13H17N3O2S2/c1-10(14-2)11-3-5-13(6-4-11)20(17,18)16-8-12-7-15-9-19-12/h3-7,9-10,14,16H,8H2,1-2H3. The Morgan fingerprint density at radius 1 is 1.30 bits per heavy atom. The minimum Gasteiger partial charge on any atom is -0.313 e. The number of hydrogen-bond acceptors (Lipinski definition) is 5. The maximum Gasteiger partial charge on any atom is 0.240 e. The summed E-state index contributed by atoms with van der Waals surface area (Å²) in [6.07, 6.45) is 1.66. The van der Waals surface area contributed by atoms with Crippen LogP contribution >= 0.6 is 11.3 Å². The van der Waals surface area contributed by atoms with E-state index in [0.717, 1.165) is 10.4 Å². The van der Waals surface area contributed by atoms with Gasteiger partial charge in [-0.05, 0) is 31.7 Å². The van der Waals surface area contributed by atoms with E-state index >= 15 is 0 Å². The zero-order chi connectivity index (χ0) is 14.6. The van der Waals surface area contributed by atoms with E-state index in [-0.39, 0.29) is 17.5 Å². The molecule has 1 heterocycles. The van der Waals surface area contributed by atoms with E-state index in [9.17, 15) is 8.42 Å². The third kappa shape index (κ3) is 3.63. The zero-order valence-corrected chi connectivity index (χ0v) is 13.0. The maximum absolute atomic E-state index is 12.1. The average Bonchev–Trinajstić information content (AvgIpc) is 2.98. The fourth-order valence-corrected chi connectivity index (χ4v) is 3.31. The molecule has 2 rings (SSSR count). The predicted octanol–water partition coefficient (Wildman–Crippen LogP) is 1.90. The number of nitrogens with one attached hydrogen (secondary N) is 2. The fourth-order valence-electron chi connectivity index (χ4n) is 1.68. The zero-order valence-electron chi connectivity index (χ0n) is 11.3. The van der Waals surface area contributed by atoms with Crippen molar-refractivity contribution in [1.82, 2.24) is 15.0 Å². The number of sulfonamides is 1. The van der Waals surface area contributed by atoms with Crippen molar-refractivity contribution in [1.29, 1.82) is 0 Å². The molecule has 1 aromatic heterocycles. The van der Waals surface area contributed by atoms with Crippen LogP contribution in [0, 0.1) is 0 Å². The molecule has 1 aromatic carbocycles. The van der Waals surface area contributed by atoms with Crippen LogP contribution in [0.25, 0.3) is 0 Å². The van der Waals surface area contributed by atoms with Gasteiger partial charge in [-0.1, -0.05) is 12.1 Å². The van der Waals surface area contributed by atoms with Crippen molar-refractivity contribution in [2.45, 2.75) is 24.4 Å².